The summed E-state index contributed by atoms with van der Waals surface area (Å²) < 4.78 is 35.8. The van der Waals surface area contributed by atoms with Gasteiger partial charge >= 0.3 is 6.98 Å². The summed E-state index contributed by atoms with van der Waals surface area (Å²) in [6.45, 7) is -4.97. The predicted octanol–water partition coefficient (Wildman–Crippen LogP) is 1.94. The molecule has 0 aromatic carbocycles. The van der Waals surface area contributed by atoms with Crippen LogP contribution in [0.25, 0.3) is 6.08 Å². The summed E-state index contributed by atoms with van der Waals surface area (Å²) in [4.78, 5) is 7.32. The maximum absolute atomic E-state index is 11.9. The van der Waals surface area contributed by atoms with Crippen LogP contribution in [-0.4, -0.2) is 16.9 Å². The van der Waals surface area contributed by atoms with Gasteiger partial charge in [-0.3, -0.25) is 0 Å². The van der Waals surface area contributed by atoms with Crippen LogP contribution in [0.15, 0.2) is 18.5 Å². The normalized spacial score (nSPS) is 11.6. The first-order chi connectivity index (χ1) is 7.03. The molecule has 7 heteroatoms. The van der Waals surface area contributed by atoms with Crippen molar-refractivity contribution in [3.8, 4) is 6.07 Å². The van der Waals surface area contributed by atoms with Crippen molar-refractivity contribution in [2.75, 3.05) is 0 Å². The van der Waals surface area contributed by atoms with Crippen molar-refractivity contribution in [3.63, 3.8) is 0 Å². The van der Waals surface area contributed by atoms with Crippen LogP contribution in [0.1, 0.15) is 11.3 Å². The summed E-state index contributed by atoms with van der Waals surface area (Å²) in [6, 6.07) is 1.82. The van der Waals surface area contributed by atoms with Gasteiger partial charge in [-0.15, -0.1) is 5.98 Å². The van der Waals surface area contributed by atoms with E-state index in [0.717, 1.165) is 6.08 Å². The van der Waals surface area contributed by atoms with Crippen molar-refractivity contribution in [2.24, 2.45) is 0 Å². The van der Waals surface area contributed by atoms with E-state index in [9.17, 15) is 12.9 Å². The number of nitrogens with zero attached hydrogens (tertiary/aromatic N) is 3. The summed E-state index contributed by atoms with van der Waals surface area (Å²) in [5, 5.41) is 8.42. The molecule has 1 aromatic rings. The molecule has 0 saturated carbocycles. The number of hydrogen-bond donors (Lipinski definition) is 0. The molecular formula is C8H6BF3N3-. The van der Waals surface area contributed by atoms with Gasteiger partial charge in [0.05, 0.1) is 18.2 Å². The van der Waals surface area contributed by atoms with Gasteiger partial charge in [-0.05, 0) is 0 Å². The Kier molecular flexibility index (Phi) is 3.44. The SMILES string of the molecule is N#CCc1ncncc1/C=C/[B-](F)(F)F. The molecule has 3 nitrogen and oxygen atoms in total. The summed E-state index contributed by atoms with van der Waals surface area (Å²) in [5.41, 5.74) is 0.516. The zero-order valence-corrected chi connectivity index (χ0v) is 7.57. The highest BCUT2D eigenvalue weighted by molar-refractivity contribution is 6.64. The van der Waals surface area contributed by atoms with E-state index in [4.69, 9.17) is 5.26 Å². The van der Waals surface area contributed by atoms with E-state index < -0.39 is 6.98 Å². The Morgan fingerprint density at radius 1 is 1.47 bits per heavy atom. The number of rotatable bonds is 3. The Labute approximate surface area is 84.3 Å². The molecule has 0 atom stereocenters. The van der Waals surface area contributed by atoms with Crippen LogP contribution >= 0.6 is 0 Å². The van der Waals surface area contributed by atoms with E-state index >= 15 is 0 Å². The van der Waals surface area contributed by atoms with Crippen molar-refractivity contribution >= 4 is 13.1 Å². The maximum Gasteiger partial charge on any atom is 0.502 e. The van der Waals surface area contributed by atoms with Crippen molar-refractivity contribution in [2.45, 2.75) is 6.42 Å². The average molecular weight is 212 g/mol. The van der Waals surface area contributed by atoms with Crippen molar-refractivity contribution < 1.29 is 12.9 Å². The van der Waals surface area contributed by atoms with Crippen molar-refractivity contribution in [3.05, 3.63) is 29.8 Å². The lowest BCUT2D eigenvalue weighted by molar-refractivity contribution is 0.499. The van der Waals surface area contributed by atoms with Crippen molar-refractivity contribution in [1.82, 2.24) is 9.97 Å². The van der Waals surface area contributed by atoms with Crippen LogP contribution < -0.4 is 0 Å². The standard InChI is InChI=1S/C8H6BF3N3/c10-9(11,12)3-1-7-5-14-6-15-8(7)2-4-13/h1,3,5-6H,2H2/q-1/b3-1+. The van der Waals surface area contributed by atoms with Gasteiger partial charge in [-0.1, -0.05) is 6.08 Å². The topological polar surface area (TPSA) is 49.6 Å². The minimum Gasteiger partial charge on any atom is -0.445 e. The second-order valence-electron chi connectivity index (χ2n) is 2.74. The van der Waals surface area contributed by atoms with Crippen LogP contribution in [-0.2, 0) is 6.42 Å². The van der Waals surface area contributed by atoms with E-state index in [-0.39, 0.29) is 18.0 Å². The van der Waals surface area contributed by atoms with Crippen LogP contribution in [0.3, 0.4) is 0 Å². The summed E-state index contributed by atoms with van der Waals surface area (Å²) in [5.74, 6) is 0.152. The summed E-state index contributed by atoms with van der Waals surface area (Å²) in [7, 11) is 0. The van der Waals surface area contributed by atoms with Gasteiger partial charge in [-0.2, -0.15) is 5.26 Å². The van der Waals surface area contributed by atoms with E-state index in [1.165, 1.54) is 12.5 Å². The first kappa shape index (κ1) is 11.2. The van der Waals surface area contributed by atoms with Gasteiger partial charge in [0.2, 0.25) is 0 Å². The molecule has 78 valence electrons. The third kappa shape index (κ3) is 3.81. The molecule has 0 saturated heterocycles. The minimum atomic E-state index is -4.97. The molecule has 1 rings (SSSR count). The molecule has 1 heterocycles. The zero-order chi connectivity index (χ0) is 11.3. The van der Waals surface area contributed by atoms with E-state index in [1.807, 2.05) is 6.07 Å². The third-order valence-corrected chi connectivity index (χ3v) is 1.57. The average Bonchev–Trinajstić information content (AvgIpc) is 2.16. The second-order valence-corrected chi connectivity index (χ2v) is 2.74. The lowest BCUT2D eigenvalue weighted by Crippen LogP contribution is -2.09. The van der Waals surface area contributed by atoms with E-state index in [0.29, 0.717) is 5.69 Å². The van der Waals surface area contributed by atoms with Crippen LogP contribution in [0.5, 0.6) is 0 Å². The Balaban J connectivity index is 2.95. The Hall–Kier alpha value is -1.84. The second kappa shape index (κ2) is 4.60. The van der Waals surface area contributed by atoms with Gasteiger partial charge in [0, 0.05) is 11.8 Å². The largest absolute Gasteiger partial charge is 0.502 e. The zero-order valence-electron chi connectivity index (χ0n) is 7.57. The molecule has 0 bridgehead atoms. The predicted molar refractivity (Wildman–Crippen MR) is 49.5 cm³/mol. The molecule has 0 unspecified atom stereocenters. The maximum atomic E-state index is 11.9. The smallest absolute Gasteiger partial charge is 0.445 e. The number of aromatic nitrogens is 2. The first-order valence-corrected chi connectivity index (χ1v) is 4.08. The monoisotopic (exact) mass is 212 g/mol. The van der Waals surface area contributed by atoms with Crippen LogP contribution in [0, 0.1) is 11.3 Å². The molecule has 15 heavy (non-hydrogen) atoms. The lowest BCUT2D eigenvalue weighted by Gasteiger charge is -2.06. The summed E-state index contributed by atoms with van der Waals surface area (Å²) in [6.07, 6.45) is 3.29. The molecular weight excluding hydrogens is 206 g/mol. The minimum absolute atomic E-state index is 0.0347. The summed E-state index contributed by atoms with van der Waals surface area (Å²) >= 11 is 0. The number of halogens is 3. The molecule has 0 amide bonds. The molecule has 0 fully saturated rings. The Morgan fingerprint density at radius 3 is 2.80 bits per heavy atom. The first-order valence-electron chi connectivity index (χ1n) is 4.08. The van der Waals surface area contributed by atoms with E-state index in [2.05, 4.69) is 9.97 Å². The van der Waals surface area contributed by atoms with Gasteiger partial charge in [0.15, 0.2) is 0 Å². The van der Waals surface area contributed by atoms with Crippen LogP contribution in [0.2, 0.25) is 0 Å². The molecule has 0 aliphatic heterocycles. The molecule has 0 N–H and O–H groups in total. The quantitative estimate of drug-likeness (QED) is 0.719. The molecule has 0 radical (unpaired) electrons. The van der Waals surface area contributed by atoms with E-state index in [1.54, 1.807) is 0 Å². The number of nitriles is 1. The van der Waals surface area contributed by atoms with Gasteiger partial charge in [0.25, 0.3) is 0 Å². The Morgan fingerprint density at radius 2 is 2.20 bits per heavy atom. The van der Waals surface area contributed by atoms with Gasteiger partial charge < -0.3 is 12.9 Å². The molecule has 1 aromatic heterocycles. The fourth-order valence-corrected chi connectivity index (χ4v) is 0.940. The van der Waals surface area contributed by atoms with Gasteiger partial charge in [-0.25, -0.2) is 9.97 Å². The highest BCUT2D eigenvalue weighted by atomic mass is 19.4. The lowest BCUT2D eigenvalue weighted by atomic mass is 9.90. The fourth-order valence-electron chi connectivity index (χ4n) is 0.940. The third-order valence-electron chi connectivity index (χ3n) is 1.57. The Bertz CT molecular complexity index is 408. The molecule has 0 spiro atoms. The molecule has 0 aliphatic carbocycles. The van der Waals surface area contributed by atoms with Crippen LogP contribution in [0.4, 0.5) is 12.9 Å². The highest BCUT2D eigenvalue weighted by Crippen LogP contribution is 2.14. The fraction of sp³-hybridized carbons (Fsp3) is 0.125. The molecule has 0 aliphatic rings. The van der Waals surface area contributed by atoms with Gasteiger partial charge in [0.1, 0.15) is 6.33 Å². The van der Waals surface area contributed by atoms with Crippen molar-refractivity contribution in [1.29, 1.82) is 5.26 Å². The highest BCUT2D eigenvalue weighted by Gasteiger charge is 2.17. The number of hydrogen-bond acceptors (Lipinski definition) is 3.